The van der Waals surface area contributed by atoms with E-state index in [1.54, 1.807) is 11.8 Å². The zero-order chi connectivity index (χ0) is 13.7. The summed E-state index contributed by atoms with van der Waals surface area (Å²) in [6, 6.07) is 14.6. The Bertz CT molecular complexity index is 554. The first-order chi connectivity index (χ1) is 9.19. The Labute approximate surface area is 124 Å². The molecule has 1 N–H and O–H groups in total. The number of aryl methyl sites for hydroxylation is 1. The molecule has 0 amide bonds. The standard InChI is InChI=1S/C16H18ClNS/c1-3-18-11-13-7-8-16(12(2)9-13)19-15-6-4-5-14(17)10-15/h4-10,18H,3,11H2,1-2H3. The minimum Gasteiger partial charge on any atom is -0.313 e. The number of nitrogens with one attached hydrogen (secondary N) is 1. The Morgan fingerprint density at radius 3 is 2.68 bits per heavy atom. The average molecular weight is 292 g/mol. The van der Waals surface area contributed by atoms with Gasteiger partial charge in [0.15, 0.2) is 0 Å². The fourth-order valence-electron chi connectivity index (χ4n) is 1.86. The first kappa shape index (κ1) is 14.4. The number of hydrogen-bond donors (Lipinski definition) is 1. The Morgan fingerprint density at radius 1 is 1.16 bits per heavy atom. The average Bonchev–Trinajstić information content (AvgIpc) is 2.39. The fraction of sp³-hybridized carbons (Fsp3) is 0.250. The molecule has 0 spiro atoms. The quantitative estimate of drug-likeness (QED) is 0.840. The van der Waals surface area contributed by atoms with Crippen LogP contribution in [0.25, 0.3) is 0 Å². The lowest BCUT2D eigenvalue weighted by Crippen LogP contribution is -2.11. The van der Waals surface area contributed by atoms with E-state index < -0.39 is 0 Å². The van der Waals surface area contributed by atoms with E-state index >= 15 is 0 Å². The van der Waals surface area contributed by atoms with Crippen molar-refractivity contribution < 1.29 is 0 Å². The van der Waals surface area contributed by atoms with Crippen LogP contribution in [0.3, 0.4) is 0 Å². The van der Waals surface area contributed by atoms with Gasteiger partial charge in [0.05, 0.1) is 0 Å². The van der Waals surface area contributed by atoms with Crippen molar-refractivity contribution in [2.75, 3.05) is 6.54 Å². The molecule has 0 atom stereocenters. The number of benzene rings is 2. The van der Waals surface area contributed by atoms with Crippen molar-refractivity contribution in [1.82, 2.24) is 5.32 Å². The summed E-state index contributed by atoms with van der Waals surface area (Å²) in [7, 11) is 0. The molecule has 2 rings (SSSR count). The summed E-state index contributed by atoms with van der Waals surface area (Å²) < 4.78 is 0. The second-order valence-corrected chi connectivity index (χ2v) is 5.99. The van der Waals surface area contributed by atoms with Crippen LogP contribution in [0.1, 0.15) is 18.1 Å². The number of rotatable bonds is 5. The van der Waals surface area contributed by atoms with Gasteiger partial charge in [-0.05, 0) is 48.9 Å². The van der Waals surface area contributed by atoms with Crippen molar-refractivity contribution in [3.63, 3.8) is 0 Å². The minimum atomic E-state index is 0.784. The smallest absolute Gasteiger partial charge is 0.0417 e. The molecule has 0 radical (unpaired) electrons. The molecule has 19 heavy (non-hydrogen) atoms. The summed E-state index contributed by atoms with van der Waals surface area (Å²) >= 11 is 7.77. The van der Waals surface area contributed by atoms with Gasteiger partial charge >= 0.3 is 0 Å². The second-order valence-electron chi connectivity index (χ2n) is 4.44. The zero-order valence-electron chi connectivity index (χ0n) is 11.2. The molecule has 0 bridgehead atoms. The van der Waals surface area contributed by atoms with Gasteiger partial charge in [-0.1, -0.05) is 48.5 Å². The van der Waals surface area contributed by atoms with E-state index in [1.807, 2.05) is 18.2 Å². The van der Waals surface area contributed by atoms with Gasteiger partial charge in [-0.2, -0.15) is 0 Å². The first-order valence-corrected chi connectivity index (χ1v) is 7.62. The van der Waals surface area contributed by atoms with Crippen LogP contribution < -0.4 is 5.32 Å². The van der Waals surface area contributed by atoms with Crippen LogP contribution in [0.15, 0.2) is 52.3 Å². The van der Waals surface area contributed by atoms with Crippen LogP contribution in [0.4, 0.5) is 0 Å². The Morgan fingerprint density at radius 2 is 2.00 bits per heavy atom. The maximum atomic E-state index is 6.01. The zero-order valence-corrected chi connectivity index (χ0v) is 12.8. The number of halogens is 1. The maximum Gasteiger partial charge on any atom is 0.0417 e. The first-order valence-electron chi connectivity index (χ1n) is 6.42. The Balaban J connectivity index is 2.13. The van der Waals surface area contributed by atoms with Crippen LogP contribution in [0.5, 0.6) is 0 Å². The van der Waals surface area contributed by atoms with Gasteiger partial charge in [0.1, 0.15) is 0 Å². The van der Waals surface area contributed by atoms with Crippen LogP contribution >= 0.6 is 23.4 Å². The van der Waals surface area contributed by atoms with Gasteiger partial charge in [-0.3, -0.25) is 0 Å². The summed E-state index contributed by atoms with van der Waals surface area (Å²) in [4.78, 5) is 2.46. The highest BCUT2D eigenvalue weighted by Crippen LogP contribution is 2.31. The van der Waals surface area contributed by atoms with Crippen molar-refractivity contribution in [1.29, 1.82) is 0 Å². The van der Waals surface area contributed by atoms with Crippen molar-refractivity contribution >= 4 is 23.4 Å². The van der Waals surface area contributed by atoms with E-state index in [2.05, 4.69) is 43.4 Å². The van der Waals surface area contributed by atoms with E-state index in [0.717, 1.165) is 18.1 Å². The highest BCUT2D eigenvalue weighted by atomic mass is 35.5. The number of hydrogen-bond acceptors (Lipinski definition) is 2. The predicted molar refractivity (Wildman–Crippen MR) is 84.1 cm³/mol. The molecule has 1 nitrogen and oxygen atoms in total. The Kier molecular flexibility index (Phi) is 5.32. The summed E-state index contributed by atoms with van der Waals surface area (Å²) in [6.07, 6.45) is 0. The molecule has 0 aliphatic heterocycles. The van der Waals surface area contributed by atoms with Crippen LogP contribution in [-0.4, -0.2) is 6.54 Å². The maximum absolute atomic E-state index is 6.01. The molecular weight excluding hydrogens is 274 g/mol. The van der Waals surface area contributed by atoms with Crippen molar-refractivity contribution in [3.8, 4) is 0 Å². The molecule has 0 saturated carbocycles. The molecule has 3 heteroatoms. The van der Waals surface area contributed by atoms with Crippen molar-refractivity contribution in [3.05, 3.63) is 58.6 Å². The van der Waals surface area contributed by atoms with Gasteiger partial charge < -0.3 is 5.32 Å². The molecule has 0 heterocycles. The predicted octanol–water partition coefficient (Wildman–Crippen LogP) is 4.91. The third kappa shape index (κ3) is 4.27. The van der Waals surface area contributed by atoms with E-state index in [4.69, 9.17) is 11.6 Å². The molecule has 2 aromatic carbocycles. The lowest BCUT2D eigenvalue weighted by atomic mass is 10.1. The highest BCUT2D eigenvalue weighted by Gasteiger charge is 2.03. The minimum absolute atomic E-state index is 0.784. The summed E-state index contributed by atoms with van der Waals surface area (Å²) in [5.41, 5.74) is 2.63. The third-order valence-electron chi connectivity index (χ3n) is 2.84. The van der Waals surface area contributed by atoms with Gasteiger partial charge in [0.2, 0.25) is 0 Å². The molecule has 0 aromatic heterocycles. The topological polar surface area (TPSA) is 12.0 Å². The molecule has 0 saturated heterocycles. The lowest BCUT2D eigenvalue weighted by Gasteiger charge is -2.09. The van der Waals surface area contributed by atoms with Crippen LogP contribution in [0.2, 0.25) is 5.02 Å². The fourth-order valence-corrected chi connectivity index (χ4v) is 3.06. The van der Waals surface area contributed by atoms with E-state index in [0.29, 0.717) is 0 Å². The molecule has 2 aromatic rings. The monoisotopic (exact) mass is 291 g/mol. The van der Waals surface area contributed by atoms with E-state index in [9.17, 15) is 0 Å². The van der Waals surface area contributed by atoms with Crippen LogP contribution in [0, 0.1) is 6.92 Å². The van der Waals surface area contributed by atoms with E-state index in [-0.39, 0.29) is 0 Å². The van der Waals surface area contributed by atoms with Gasteiger partial charge in [0, 0.05) is 21.4 Å². The lowest BCUT2D eigenvalue weighted by molar-refractivity contribution is 0.726. The second kappa shape index (κ2) is 6.99. The van der Waals surface area contributed by atoms with Gasteiger partial charge in [0.25, 0.3) is 0 Å². The van der Waals surface area contributed by atoms with Crippen molar-refractivity contribution in [2.45, 2.75) is 30.2 Å². The highest BCUT2D eigenvalue weighted by molar-refractivity contribution is 7.99. The molecule has 0 unspecified atom stereocenters. The van der Waals surface area contributed by atoms with E-state index in [1.165, 1.54) is 20.9 Å². The summed E-state index contributed by atoms with van der Waals surface area (Å²) in [5.74, 6) is 0. The molecule has 0 aliphatic rings. The molecule has 0 aliphatic carbocycles. The van der Waals surface area contributed by atoms with Gasteiger partial charge in [-0.15, -0.1) is 0 Å². The van der Waals surface area contributed by atoms with Crippen molar-refractivity contribution in [2.24, 2.45) is 0 Å². The third-order valence-corrected chi connectivity index (χ3v) is 4.25. The molecular formula is C16H18ClNS. The normalized spacial score (nSPS) is 10.7. The van der Waals surface area contributed by atoms with Gasteiger partial charge in [-0.25, -0.2) is 0 Å². The summed E-state index contributed by atoms with van der Waals surface area (Å²) in [5, 5.41) is 4.13. The molecule has 100 valence electrons. The van der Waals surface area contributed by atoms with Crippen LogP contribution in [-0.2, 0) is 6.54 Å². The molecule has 0 fully saturated rings. The SMILES string of the molecule is CCNCc1ccc(Sc2cccc(Cl)c2)c(C)c1. The summed E-state index contributed by atoms with van der Waals surface area (Å²) in [6.45, 7) is 6.20. The largest absolute Gasteiger partial charge is 0.313 e. The Hall–Kier alpha value is -0.960.